The summed E-state index contributed by atoms with van der Waals surface area (Å²) in [5.74, 6) is -0.0295. The molecule has 1 aliphatic rings. The number of fused-ring (bicyclic) bond motifs is 1. The molecule has 0 bridgehead atoms. The Hall–Kier alpha value is -1.82. The summed E-state index contributed by atoms with van der Waals surface area (Å²) in [4.78, 5) is 12.3. The van der Waals surface area contributed by atoms with Gasteiger partial charge in [-0.2, -0.15) is 0 Å². The molecule has 23 heavy (non-hydrogen) atoms. The van der Waals surface area contributed by atoms with Gasteiger partial charge >= 0.3 is 0 Å². The fourth-order valence-corrected chi connectivity index (χ4v) is 5.28. The number of nitrogens with one attached hydrogen (secondary N) is 1. The molecular formula is C17H21NO4S. The Bertz CT molecular complexity index is 881. The summed E-state index contributed by atoms with van der Waals surface area (Å²) in [5, 5.41) is 3.82. The van der Waals surface area contributed by atoms with Gasteiger partial charge in [0.2, 0.25) is 5.91 Å². The molecule has 2 heterocycles. The van der Waals surface area contributed by atoms with Gasteiger partial charge < -0.3 is 9.73 Å². The first kappa shape index (κ1) is 16.1. The molecule has 0 radical (unpaired) electrons. The third-order valence-corrected chi connectivity index (χ3v) is 6.54. The van der Waals surface area contributed by atoms with Crippen LogP contribution in [-0.4, -0.2) is 31.4 Å². The van der Waals surface area contributed by atoms with Crippen molar-refractivity contribution in [3.8, 4) is 0 Å². The summed E-state index contributed by atoms with van der Waals surface area (Å²) in [7, 11) is -3.04. The summed E-state index contributed by atoms with van der Waals surface area (Å²) in [6, 6.07) is 3.98. The molecule has 1 fully saturated rings. The molecule has 1 saturated heterocycles. The lowest BCUT2D eigenvalue weighted by molar-refractivity contribution is -0.121. The second-order valence-electron chi connectivity index (χ2n) is 6.77. The van der Waals surface area contributed by atoms with Gasteiger partial charge in [-0.3, -0.25) is 4.79 Å². The fraction of sp³-hybridized carbons (Fsp3) is 0.471. The van der Waals surface area contributed by atoms with Crippen LogP contribution in [0.5, 0.6) is 0 Å². The van der Waals surface area contributed by atoms with Crippen LogP contribution in [0.25, 0.3) is 11.0 Å². The molecule has 0 saturated carbocycles. The predicted octanol–water partition coefficient (Wildman–Crippen LogP) is 2.29. The van der Waals surface area contributed by atoms with Gasteiger partial charge in [0.1, 0.15) is 5.58 Å². The van der Waals surface area contributed by atoms with E-state index in [9.17, 15) is 13.2 Å². The van der Waals surface area contributed by atoms with Crippen LogP contribution in [0.2, 0.25) is 0 Å². The van der Waals surface area contributed by atoms with Crippen LogP contribution in [0, 0.1) is 13.8 Å². The second kappa shape index (κ2) is 5.37. The Morgan fingerprint density at radius 2 is 2.09 bits per heavy atom. The number of carbonyl (C=O) groups excluding carboxylic acids is 1. The predicted molar refractivity (Wildman–Crippen MR) is 89.2 cm³/mol. The number of benzene rings is 1. The summed E-state index contributed by atoms with van der Waals surface area (Å²) >= 11 is 0. The quantitative estimate of drug-likeness (QED) is 0.933. The van der Waals surface area contributed by atoms with Gasteiger partial charge in [-0.15, -0.1) is 0 Å². The first-order chi connectivity index (χ1) is 10.7. The van der Waals surface area contributed by atoms with Crippen molar-refractivity contribution < 1.29 is 17.6 Å². The first-order valence-electron chi connectivity index (χ1n) is 7.67. The molecule has 1 atom stereocenters. The average Bonchev–Trinajstić information content (AvgIpc) is 2.95. The molecule has 5 nitrogen and oxygen atoms in total. The van der Waals surface area contributed by atoms with Crippen molar-refractivity contribution >= 4 is 26.7 Å². The van der Waals surface area contributed by atoms with Crippen molar-refractivity contribution in [3.05, 3.63) is 35.1 Å². The molecule has 1 N–H and O–H groups in total. The highest BCUT2D eigenvalue weighted by atomic mass is 32.2. The molecule has 3 rings (SSSR count). The third kappa shape index (κ3) is 3.13. The molecule has 0 unspecified atom stereocenters. The highest BCUT2D eigenvalue weighted by Gasteiger charge is 2.39. The molecule has 1 aromatic carbocycles. The van der Waals surface area contributed by atoms with Crippen LogP contribution in [0.3, 0.4) is 0 Å². The van der Waals surface area contributed by atoms with E-state index in [1.165, 1.54) is 0 Å². The van der Waals surface area contributed by atoms with Crippen molar-refractivity contribution in [2.75, 3.05) is 11.5 Å². The standard InChI is InChI=1S/C17H21NO4S/c1-11-4-5-14-13(9-22-16(14)12(11)2)8-15(19)18-17(3)6-7-23(20,21)10-17/h4-5,9H,6-8,10H2,1-3H3,(H,18,19)/t17-/m0/s1. The highest BCUT2D eigenvalue weighted by Crippen LogP contribution is 2.27. The van der Waals surface area contributed by atoms with Crippen molar-refractivity contribution in [1.82, 2.24) is 5.32 Å². The molecule has 1 aromatic heterocycles. The van der Waals surface area contributed by atoms with Crippen LogP contribution in [0.1, 0.15) is 30.0 Å². The Morgan fingerprint density at radius 1 is 1.35 bits per heavy atom. The van der Waals surface area contributed by atoms with Gasteiger partial charge in [-0.05, 0) is 38.3 Å². The van der Waals surface area contributed by atoms with Crippen molar-refractivity contribution in [2.45, 2.75) is 39.2 Å². The summed E-state index contributed by atoms with van der Waals surface area (Å²) in [6.45, 7) is 5.80. The SMILES string of the molecule is Cc1ccc2c(CC(=O)N[C@@]3(C)CCS(=O)(=O)C3)coc2c1C. The average molecular weight is 335 g/mol. The maximum Gasteiger partial charge on any atom is 0.225 e. The molecule has 0 spiro atoms. The van der Waals surface area contributed by atoms with Crippen LogP contribution in [0.15, 0.2) is 22.8 Å². The lowest BCUT2D eigenvalue weighted by Gasteiger charge is -2.23. The number of carbonyl (C=O) groups is 1. The third-order valence-electron chi connectivity index (χ3n) is 4.64. The second-order valence-corrected chi connectivity index (χ2v) is 8.96. The number of amides is 1. The van der Waals surface area contributed by atoms with E-state index in [1.807, 2.05) is 26.0 Å². The molecule has 124 valence electrons. The molecule has 1 amide bonds. The Labute approximate surface area is 136 Å². The van der Waals surface area contributed by atoms with Crippen LogP contribution >= 0.6 is 0 Å². The Morgan fingerprint density at radius 3 is 2.74 bits per heavy atom. The molecule has 6 heteroatoms. The number of furan rings is 1. The zero-order valence-electron chi connectivity index (χ0n) is 13.6. The molecule has 0 aliphatic carbocycles. The maximum absolute atomic E-state index is 12.3. The van der Waals surface area contributed by atoms with Crippen molar-refractivity contribution in [3.63, 3.8) is 0 Å². The molecule has 1 aliphatic heterocycles. The van der Waals surface area contributed by atoms with Gasteiger partial charge in [-0.1, -0.05) is 12.1 Å². The van der Waals surface area contributed by atoms with Crippen LogP contribution in [-0.2, 0) is 21.1 Å². The minimum Gasteiger partial charge on any atom is -0.464 e. The van der Waals surface area contributed by atoms with E-state index in [4.69, 9.17) is 4.42 Å². The lowest BCUT2D eigenvalue weighted by Crippen LogP contribution is -2.47. The smallest absolute Gasteiger partial charge is 0.225 e. The highest BCUT2D eigenvalue weighted by molar-refractivity contribution is 7.91. The number of hydrogen-bond acceptors (Lipinski definition) is 4. The van der Waals surface area contributed by atoms with E-state index in [1.54, 1.807) is 13.2 Å². The van der Waals surface area contributed by atoms with E-state index in [0.717, 1.165) is 27.7 Å². The van der Waals surface area contributed by atoms with Gasteiger partial charge in [0.05, 0.1) is 29.7 Å². The minimum absolute atomic E-state index is 0.0101. The van der Waals surface area contributed by atoms with Crippen molar-refractivity contribution in [1.29, 1.82) is 0 Å². The van der Waals surface area contributed by atoms with Crippen LogP contribution < -0.4 is 5.32 Å². The van der Waals surface area contributed by atoms with E-state index >= 15 is 0 Å². The monoisotopic (exact) mass is 335 g/mol. The van der Waals surface area contributed by atoms with Gasteiger partial charge in [0.15, 0.2) is 9.84 Å². The normalized spacial score (nSPS) is 23.3. The Kier molecular flexibility index (Phi) is 3.75. The largest absolute Gasteiger partial charge is 0.464 e. The Balaban J connectivity index is 1.78. The van der Waals surface area contributed by atoms with E-state index in [-0.39, 0.29) is 23.8 Å². The van der Waals surface area contributed by atoms with E-state index in [2.05, 4.69) is 5.32 Å². The first-order valence-corrected chi connectivity index (χ1v) is 9.49. The summed E-state index contributed by atoms with van der Waals surface area (Å²) in [5.41, 5.74) is 3.18. The summed E-state index contributed by atoms with van der Waals surface area (Å²) in [6.07, 6.45) is 2.26. The zero-order valence-corrected chi connectivity index (χ0v) is 14.4. The molecule has 2 aromatic rings. The number of rotatable bonds is 3. The zero-order chi connectivity index (χ0) is 16.8. The van der Waals surface area contributed by atoms with Crippen molar-refractivity contribution in [2.24, 2.45) is 0 Å². The van der Waals surface area contributed by atoms with Gasteiger partial charge in [0, 0.05) is 10.9 Å². The van der Waals surface area contributed by atoms with Crippen LogP contribution in [0.4, 0.5) is 0 Å². The number of hydrogen-bond donors (Lipinski definition) is 1. The fourth-order valence-electron chi connectivity index (χ4n) is 3.19. The van der Waals surface area contributed by atoms with Gasteiger partial charge in [0.25, 0.3) is 0 Å². The summed E-state index contributed by atoms with van der Waals surface area (Å²) < 4.78 is 28.9. The minimum atomic E-state index is -3.04. The van der Waals surface area contributed by atoms with Gasteiger partial charge in [-0.25, -0.2) is 8.42 Å². The molecular weight excluding hydrogens is 314 g/mol. The topological polar surface area (TPSA) is 76.4 Å². The van der Waals surface area contributed by atoms with E-state index in [0.29, 0.717) is 6.42 Å². The van der Waals surface area contributed by atoms with E-state index < -0.39 is 15.4 Å². The lowest BCUT2D eigenvalue weighted by atomic mass is 10.0. The number of aryl methyl sites for hydroxylation is 2. The maximum atomic E-state index is 12.3. The number of sulfone groups is 1.